The van der Waals surface area contributed by atoms with Crippen LogP contribution in [0.2, 0.25) is 0 Å². The Labute approximate surface area is 112 Å². The van der Waals surface area contributed by atoms with Gasteiger partial charge in [-0.15, -0.1) is 0 Å². The molecule has 0 aromatic carbocycles. The number of carboxylic acids is 1. The number of ether oxygens (including phenoxy) is 1. The van der Waals surface area contributed by atoms with Crippen molar-refractivity contribution >= 4 is 5.97 Å². The van der Waals surface area contributed by atoms with E-state index in [1.807, 2.05) is 0 Å². The van der Waals surface area contributed by atoms with Crippen LogP contribution in [0.4, 0.5) is 0 Å². The number of imidazole rings is 1. The minimum absolute atomic E-state index is 0.167. The molecular formula is C12H21N3O4. The molecule has 4 N–H and O–H groups in total. The van der Waals surface area contributed by atoms with Gasteiger partial charge in [-0.05, 0) is 13.8 Å². The predicted octanol–water partition coefficient (Wildman–Crippen LogP) is -0.219. The molecule has 108 valence electrons. The maximum Gasteiger partial charge on any atom is 0.321 e. The van der Waals surface area contributed by atoms with E-state index in [-0.39, 0.29) is 12.2 Å². The van der Waals surface area contributed by atoms with E-state index >= 15 is 0 Å². The Balaban J connectivity index is 0.000000399. The predicted molar refractivity (Wildman–Crippen MR) is 68.8 cm³/mol. The molecule has 2 atom stereocenters. The Morgan fingerprint density at radius 1 is 1.68 bits per heavy atom. The van der Waals surface area contributed by atoms with Crippen LogP contribution in [0.3, 0.4) is 0 Å². The maximum absolute atomic E-state index is 10.9. The Hall–Kier alpha value is -1.44. The molecule has 1 fully saturated rings. The highest BCUT2D eigenvalue weighted by Gasteiger charge is 2.25. The molecule has 2 heterocycles. The minimum atomic E-state index is -0.856. The van der Waals surface area contributed by atoms with Crippen molar-refractivity contribution in [1.82, 2.24) is 15.3 Å². The molecule has 1 unspecified atom stereocenters. The molecule has 1 saturated heterocycles. The monoisotopic (exact) mass is 271 g/mol. The fraction of sp³-hybridized carbons (Fsp3) is 0.667. The lowest BCUT2D eigenvalue weighted by Gasteiger charge is -2.12. The summed E-state index contributed by atoms with van der Waals surface area (Å²) in [5.41, 5.74) is 0.812. The van der Waals surface area contributed by atoms with Gasteiger partial charge in [-0.3, -0.25) is 4.79 Å². The third-order valence-electron chi connectivity index (χ3n) is 2.27. The Morgan fingerprint density at radius 2 is 2.32 bits per heavy atom. The van der Waals surface area contributed by atoms with Crippen LogP contribution in [-0.4, -0.2) is 57.6 Å². The van der Waals surface area contributed by atoms with Crippen LogP contribution in [0.1, 0.15) is 19.5 Å². The first-order valence-corrected chi connectivity index (χ1v) is 6.22. The summed E-state index contributed by atoms with van der Waals surface area (Å²) in [5, 5.41) is 20.0. The van der Waals surface area contributed by atoms with Gasteiger partial charge in [-0.2, -0.15) is 0 Å². The van der Waals surface area contributed by atoms with Crippen LogP contribution in [0, 0.1) is 0 Å². The third kappa shape index (κ3) is 7.55. The fourth-order valence-electron chi connectivity index (χ4n) is 1.32. The highest BCUT2D eigenvalue weighted by Crippen LogP contribution is 2.07. The first-order chi connectivity index (χ1) is 8.99. The second-order valence-corrected chi connectivity index (χ2v) is 4.63. The first-order valence-electron chi connectivity index (χ1n) is 6.22. The molecule has 19 heavy (non-hydrogen) atoms. The van der Waals surface area contributed by atoms with E-state index in [0.29, 0.717) is 13.0 Å². The summed E-state index contributed by atoms with van der Waals surface area (Å²) in [6.07, 6.45) is 3.60. The van der Waals surface area contributed by atoms with Crippen molar-refractivity contribution in [3.8, 4) is 0 Å². The van der Waals surface area contributed by atoms with E-state index in [4.69, 9.17) is 14.9 Å². The van der Waals surface area contributed by atoms with E-state index in [1.165, 1.54) is 6.33 Å². The smallest absolute Gasteiger partial charge is 0.321 e. The standard InChI is InChI=1S/C9H13N3O3.C3H8O/c13-9(14)8(11-3-7-4-15-7)1-6-2-10-5-12-6;1-3(2)4/h2,5,7-8,11H,1,3-4H2,(H,10,12)(H,13,14);3-4H,1-2H3/t7?,8-;/m0./s1. The Morgan fingerprint density at radius 3 is 2.74 bits per heavy atom. The second-order valence-electron chi connectivity index (χ2n) is 4.63. The lowest BCUT2D eigenvalue weighted by atomic mass is 10.1. The number of hydrogen-bond acceptors (Lipinski definition) is 5. The number of carbonyl (C=O) groups is 1. The molecule has 1 aromatic heterocycles. The zero-order chi connectivity index (χ0) is 14.3. The van der Waals surface area contributed by atoms with Gasteiger partial charge in [0.25, 0.3) is 0 Å². The van der Waals surface area contributed by atoms with E-state index < -0.39 is 12.0 Å². The second kappa shape index (κ2) is 7.88. The molecule has 1 aliphatic heterocycles. The number of aliphatic hydroxyl groups is 1. The SMILES string of the molecule is CC(C)O.O=C(O)[C@H](Cc1cnc[nH]1)NCC1CO1. The molecule has 0 aliphatic carbocycles. The van der Waals surface area contributed by atoms with Gasteiger partial charge < -0.3 is 25.3 Å². The average Bonchev–Trinajstić information content (AvgIpc) is 2.99. The van der Waals surface area contributed by atoms with Crippen LogP contribution in [0.15, 0.2) is 12.5 Å². The van der Waals surface area contributed by atoms with Crippen molar-refractivity contribution in [2.45, 2.75) is 38.5 Å². The van der Waals surface area contributed by atoms with E-state index in [9.17, 15) is 4.79 Å². The number of hydrogen-bond donors (Lipinski definition) is 4. The van der Waals surface area contributed by atoms with Crippen molar-refractivity contribution < 1.29 is 19.7 Å². The lowest BCUT2D eigenvalue weighted by molar-refractivity contribution is -0.139. The minimum Gasteiger partial charge on any atom is -0.480 e. The number of nitrogens with zero attached hydrogens (tertiary/aromatic N) is 1. The average molecular weight is 271 g/mol. The summed E-state index contributed by atoms with van der Waals surface area (Å²) in [6, 6.07) is -0.588. The molecule has 2 rings (SSSR count). The largest absolute Gasteiger partial charge is 0.480 e. The van der Waals surface area contributed by atoms with Crippen LogP contribution in [0.5, 0.6) is 0 Å². The van der Waals surface area contributed by atoms with Gasteiger partial charge in [0.2, 0.25) is 0 Å². The van der Waals surface area contributed by atoms with Gasteiger partial charge in [0.05, 0.1) is 19.0 Å². The Kier molecular flexibility index (Phi) is 6.48. The number of aromatic amines is 1. The molecule has 0 saturated carbocycles. The summed E-state index contributed by atoms with van der Waals surface area (Å²) in [7, 11) is 0. The van der Waals surface area contributed by atoms with Gasteiger partial charge >= 0.3 is 5.97 Å². The van der Waals surface area contributed by atoms with Gasteiger partial charge in [0.15, 0.2) is 0 Å². The maximum atomic E-state index is 10.9. The number of epoxide rings is 1. The van der Waals surface area contributed by atoms with Crippen molar-refractivity contribution in [3.63, 3.8) is 0 Å². The number of nitrogens with one attached hydrogen (secondary N) is 2. The normalized spacial score (nSPS) is 18.6. The van der Waals surface area contributed by atoms with Crippen molar-refractivity contribution in [1.29, 1.82) is 0 Å². The van der Waals surface area contributed by atoms with E-state index in [2.05, 4.69) is 15.3 Å². The first kappa shape index (κ1) is 15.6. The number of aliphatic carboxylic acids is 1. The lowest BCUT2D eigenvalue weighted by Crippen LogP contribution is -2.40. The van der Waals surface area contributed by atoms with Gasteiger partial charge in [-0.25, -0.2) is 4.98 Å². The van der Waals surface area contributed by atoms with Crippen LogP contribution < -0.4 is 5.32 Å². The van der Waals surface area contributed by atoms with Crippen molar-refractivity contribution in [2.75, 3.05) is 13.2 Å². The summed E-state index contributed by atoms with van der Waals surface area (Å²) in [4.78, 5) is 17.6. The fourth-order valence-corrected chi connectivity index (χ4v) is 1.32. The number of aromatic nitrogens is 2. The van der Waals surface area contributed by atoms with Crippen molar-refractivity contribution in [2.24, 2.45) is 0 Å². The summed E-state index contributed by atoms with van der Waals surface area (Å²) in [5.74, 6) is -0.856. The number of carboxylic acid groups (broad SMARTS) is 1. The van der Waals surface area contributed by atoms with E-state index in [1.54, 1.807) is 20.0 Å². The van der Waals surface area contributed by atoms with Gasteiger partial charge in [0, 0.05) is 31.0 Å². The molecular weight excluding hydrogens is 250 g/mol. The summed E-state index contributed by atoms with van der Waals surface area (Å²) >= 11 is 0. The van der Waals surface area contributed by atoms with E-state index in [0.717, 1.165) is 12.3 Å². The van der Waals surface area contributed by atoms with Crippen LogP contribution >= 0.6 is 0 Å². The number of rotatable bonds is 6. The molecule has 1 aromatic rings. The number of H-pyrrole nitrogens is 1. The molecule has 0 amide bonds. The van der Waals surface area contributed by atoms with Crippen molar-refractivity contribution in [3.05, 3.63) is 18.2 Å². The van der Waals surface area contributed by atoms with Gasteiger partial charge in [-0.1, -0.05) is 0 Å². The highest BCUT2D eigenvalue weighted by molar-refractivity contribution is 5.73. The summed E-state index contributed by atoms with van der Waals surface area (Å²) in [6.45, 7) is 4.76. The third-order valence-corrected chi connectivity index (χ3v) is 2.27. The zero-order valence-corrected chi connectivity index (χ0v) is 11.2. The molecule has 0 radical (unpaired) electrons. The molecule has 0 bridgehead atoms. The molecule has 7 heteroatoms. The Bertz CT molecular complexity index is 360. The van der Waals surface area contributed by atoms with Crippen LogP contribution in [-0.2, 0) is 16.0 Å². The molecule has 0 spiro atoms. The summed E-state index contributed by atoms with van der Waals surface area (Å²) < 4.78 is 5.00. The molecule has 7 nitrogen and oxygen atoms in total. The topological polar surface area (TPSA) is 111 Å². The van der Waals surface area contributed by atoms with Gasteiger partial charge in [0.1, 0.15) is 6.04 Å². The zero-order valence-electron chi connectivity index (χ0n) is 11.2. The highest BCUT2D eigenvalue weighted by atomic mass is 16.6. The quantitative estimate of drug-likeness (QED) is 0.532. The van der Waals surface area contributed by atoms with Crippen LogP contribution in [0.25, 0.3) is 0 Å². The molecule has 1 aliphatic rings. The number of aliphatic hydroxyl groups excluding tert-OH is 1.